The topological polar surface area (TPSA) is 64.6 Å². The lowest BCUT2D eigenvalue weighted by molar-refractivity contribution is -0.140. The fraction of sp³-hybridized carbons (Fsp3) is 0.400. The molecule has 0 saturated heterocycles. The first kappa shape index (κ1) is 19.1. The molecule has 0 saturated carbocycles. The number of rotatable bonds is 5. The minimum atomic E-state index is -0.402. The standard InChI is InChI=1S/C20H22INO4/c1-12-17(20(24)26-10-9-25-2)18(13-5-3-6-14(21)11-13)19-15(22-12)7-4-8-16(19)23/h3,5-6,11,18,22H,4,7-10H2,1-2H3. The van der Waals surface area contributed by atoms with Gasteiger partial charge in [-0.05, 0) is 60.1 Å². The Hall–Kier alpha value is -1.67. The maximum absolute atomic E-state index is 12.8. The molecule has 3 rings (SSSR count). The normalized spacial score (nSPS) is 20.0. The first-order valence-corrected chi connectivity index (χ1v) is 9.76. The molecule has 0 aromatic heterocycles. The van der Waals surface area contributed by atoms with Gasteiger partial charge in [0.2, 0.25) is 0 Å². The summed E-state index contributed by atoms with van der Waals surface area (Å²) in [6.07, 6.45) is 2.18. The average Bonchev–Trinajstić information content (AvgIpc) is 2.61. The van der Waals surface area contributed by atoms with E-state index in [0.717, 1.165) is 33.4 Å². The predicted molar refractivity (Wildman–Crippen MR) is 106 cm³/mol. The number of nitrogens with one attached hydrogen (secondary N) is 1. The molecule has 5 nitrogen and oxygen atoms in total. The summed E-state index contributed by atoms with van der Waals surface area (Å²) in [6.45, 7) is 2.40. The molecule has 1 aliphatic heterocycles. The van der Waals surface area contributed by atoms with E-state index >= 15 is 0 Å². The van der Waals surface area contributed by atoms with E-state index in [1.165, 1.54) is 0 Å². The Labute approximate surface area is 167 Å². The highest BCUT2D eigenvalue weighted by Gasteiger charge is 2.39. The van der Waals surface area contributed by atoms with E-state index in [1.807, 2.05) is 31.2 Å². The molecule has 0 fully saturated rings. The third kappa shape index (κ3) is 3.86. The molecule has 1 N–H and O–H groups in total. The Bertz CT molecular complexity index is 797. The quantitative estimate of drug-likeness (QED) is 0.409. The van der Waals surface area contributed by atoms with Crippen LogP contribution in [0.15, 0.2) is 46.8 Å². The van der Waals surface area contributed by atoms with E-state index in [9.17, 15) is 9.59 Å². The van der Waals surface area contributed by atoms with Gasteiger partial charge in [0.05, 0.1) is 12.2 Å². The number of dihydropyridines is 1. The maximum Gasteiger partial charge on any atom is 0.336 e. The average molecular weight is 467 g/mol. The number of carbonyl (C=O) groups excluding carboxylic acids is 2. The number of hydrogen-bond donors (Lipinski definition) is 1. The van der Waals surface area contributed by atoms with Crippen molar-refractivity contribution in [3.8, 4) is 0 Å². The van der Waals surface area contributed by atoms with Crippen LogP contribution in [0.25, 0.3) is 0 Å². The summed E-state index contributed by atoms with van der Waals surface area (Å²) < 4.78 is 11.4. The fourth-order valence-electron chi connectivity index (χ4n) is 3.57. The zero-order valence-electron chi connectivity index (χ0n) is 14.9. The van der Waals surface area contributed by atoms with Crippen molar-refractivity contribution < 1.29 is 19.1 Å². The zero-order chi connectivity index (χ0) is 18.7. The molecule has 1 heterocycles. The monoisotopic (exact) mass is 467 g/mol. The van der Waals surface area contributed by atoms with Crippen LogP contribution >= 0.6 is 22.6 Å². The summed E-state index contributed by atoms with van der Waals surface area (Å²) in [5.74, 6) is -0.679. The van der Waals surface area contributed by atoms with Gasteiger partial charge in [0.15, 0.2) is 5.78 Å². The molecule has 138 valence electrons. The highest BCUT2D eigenvalue weighted by Crippen LogP contribution is 2.42. The Morgan fingerprint density at radius 1 is 1.31 bits per heavy atom. The number of benzene rings is 1. The summed E-state index contributed by atoms with van der Waals surface area (Å²) in [5.41, 5.74) is 3.86. The summed E-state index contributed by atoms with van der Waals surface area (Å²) in [6, 6.07) is 7.95. The Morgan fingerprint density at radius 2 is 2.12 bits per heavy atom. The molecule has 1 aromatic carbocycles. The maximum atomic E-state index is 12.8. The van der Waals surface area contributed by atoms with Gasteiger partial charge < -0.3 is 14.8 Å². The molecule has 2 aliphatic rings. The number of carbonyl (C=O) groups is 2. The van der Waals surface area contributed by atoms with Crippen LogP contribution in [-0.2, 0) is 19.1 Å². The van der Waals surface area contributed by atoms with Gasteiger partial charge in [-0.15, -0.1) is 0 Å². The minimum Gasteiger partial charge on any atom is -0.460 e. The fourth-order valence-corrected chi connectivity index (χ4v) is 4.14. The number of halogens is 1. The van der Waals surface area contributed by atoms with Gasteiger partial charge in [-0.3, -0.25) is 4.79 Å². The summed E-state index contributed by atoms with van der Waals surface area (Å²) in [4.78, 5) is 25.6. The number of methoxy groups -OCH3 is 1. The van der Waals surface area contributed by atoms with E-state index in [4.69, 9.17) is 9.47 Å². The van der Waals surface area contributed by atoms with Crippen molar-refractivity contribution in [2.24, 2.45) is 0 Å². The van der Waals surface area contributed by atoms with Crippen molar-refractivity contribution in [3.63, 3.8) is 0 Å². The lowest BCUT2D eigenvalue weighted by Gasteiger charge is -2.34. The second kappa shape index (κ2) is 8.35. The smallest absolute Gasteiger partial charge is 0.336 e. The first-order valence-electron chi connectivity index (χ1n) is 8.68. The van der Waals surface area contributed by atoms with E-state index < -0.39 is 5.97 Å². The number of hydrogen-bond acceptors (Lipinski definition) is 5. The van der Waals surface area contributed by atoms with Crippen LogP contribution in [0.1, 0.15) is 37.7 Å². The number of allylic oxidation sites excluding steroid dienone is 3. The Balaban J connectivity index is 2.06. The lowest BCUT2D eigenvalue weighted by Crippen LogP contribution is -2.34. The Kier molecular flexibility index (Phi) is 6.13. The second-order valence-electron chi connectivity index (χ2n) is 6.45. The summed E-state index contributed by atoms with van der Waals surface area (Å²) in [5, 5.41) is 3.29. The molecular weight excluding hydrogens is 445 g/mol. The molecule has 1 aromatic rings. The highest BCUT2D eigenvalue weighted by molar-refractivity contribution is 14.1. The van der Waals surface area contributed by atoms with Crippen LogP contribution in [0, 0.1) is 3.57 Å². The molecule has 0 radical (unpaired) electrons. The summed E-state index contributed by atoms with van der Waals surface area (Å²) in [7, 11) is 1.56. The number of ketones is 1. The van der Waals surface area contributed by atoms with Crippen LogP contribution in [0.3, 0.4) is 0 Å². The molecule has 0 spiro atoms. The largest absolute Gasteiger partial charge is 0.460 e. The van der Waals surface area contributed by atoms with Crippen LogP contribution in [-0.4, -0.2) is 32.1 Å². The number of Topliss-reactive ketones (excluding diaryl/α,β-unsaturated/α-hetero) is 1. The van der Waals surface area contributed by atoms with Crippen molar-refractivity contribution in [2.75, 3.05) is 20.3 Å². The van der Waals surface area contributed by atoms with Gasteiger partial charge in [-0.25, -0.2) is 4.79 Å². The van der Waals surface area contributed by atoms with Crippen molar-refractivity contribution in [1.29, 1.82) is 0 Å². The molecular formula is C20H22INO4. The van der Waals surface area contributed by atoms with E-state index in [0.29, 0.717) is 24.2 Å². The van der Waals surface area contributed by atoms with Gasteiger partial charge in [0, 0.05) is 40.0 Å². The molecule has 1 aliphatic carbocycles. The third-order valence-electron chi connectivity index (χ3n) is 4.70. The molecule has 26 heavy (non-hydrogen) atoms. The van der Waals surface area contributed by atoms with Crippen molar-refractivity contribution in [2.45, 2.75) is 32.1 Å². The van der Waals surface area contributed by atoms with Gasteiger partial charge in [-0.1, -0.05) is 12.1 Å². The van der Waals surface area contributed by atoms with Crippen molar-refractivity contribution in [1.82, 2.24) is 5.32 Å². The van der Waals surface area contributed by atoms with Crippen LogP contribution in [0.5, 0.6) is 0 Å². The molecule has 6 heteroatoms. The van der Waals surface area contributed by atoms with Crippen LogP contribution < -0.4 is 5.32 Å². The van der Waals surface area contributed by atoms with E-state index in [1.54, 1.807) is 7.11 Å². The van der Waals surface area contributed by atoms with Gasteiger partial charge >= 0.3 is 5.97 Å². The lowest BCUT2D eigenvalue weighted by atomic mass is 9.75. The van der Waals surface area contributed by atoms with E-state index in [2.05, 4.69) is 27.9 Å². The van der Waals surface area contributed by atoms with Crippen molar-refractivity contribution >= 4 is 34.3 Å². The highest BCUT2D eigenvalue weighted by atomic mass is 127. The molecule has 1 atom stereocenters. The Morgan fingerprint density at radius 3 is 2.85 bits per heavy atom. The number of ether oxygens (including phenoxy) is 2. The van der Waals surface area contributed by atoms with Gasteiger partial charge in [0.1, 0.15) is 6.61 Å². The second-order valence-corrected chi connectivity index (χ2v) is 7.70. The predicted octanol–water partition coefficient (Wildman–Crippen LogP) is 3.45. The third-order valence-corrected chi connectivity index (χ3v) is 5.37. The summed E-state index contributed by atoms with van der Waals surface area (Å²) >= 11 is 2.25. The molecule has 1 unspecified atom stereocenters. The van der Waals surface area contributed by atoms with E-state index in [-0.39, 0.29) is 18.3 Å². The van der Waals surface area contributed by atoms with Gasteiger partial charge in [-0.2, -0.15) is 0 Å². The number of esters is 1. The molecule has 0 bridgehead atoms. The minimum absolute atomic E-state index is 0.109. The first-order chi connectivity index (χ1) is 12.5. The van der Waals surface area contributed by atoms with Crippen LogP contribution in [0.2, 0.25) is 0 Å². The van der Waals surface area contributed by atoms with Crippen LogP contribution in [0.4, 0.5) is 0 Å². The zero-order valence-corrected chi connectivity index (χ0v) is 17.1. The van der Waals surface area contributed by atoms with Crippen molar-refractivity contribution in [3.05, 3.63) is 55.9 Å². The SMILES string of the molecule is COCCOC(=O)C1=C(C)NC2=C(C(=O)CCC2)C1c1cccc(I)c1. The molecule has 0 amide bonds. The van der Waals surface area contributed by atoms with Gasteiger partial charge in [0.25, 0.3) is 0 Å².